The molecule has 25 heavy (non-hydrogen) atoms. The van der Waals surface area contributed by atoms with E-state index in [0.717, 1.165) is 27.5 Å². The molecule has 3 aromatic heterocycles. The fraction of sp³-hybridized carbons (Fsp3) is 0.167. The number of aromatic nitrogens is 4. The molecular formula is C18H14FN5O. The molecule has 3 heterocycles. The second kappa shape index (κ2) is 5.14. The van der Waals surface area contributed by atoms with Crippen molar-refractivity contribution < 1.29 is 9.18 Å². The van der Waals surface area contributed by atoms with Gasteiger partial charge in [-0.2, -0.15) is 0 Å². The van der Waals surface area contributed by atoms with E-state index in [4.69, 9.17) is 0 Å². The average molecular weight is 335 g/mol. The number of pyridine rings is 1. The zero-order chi connectivity index (χ0) is 17.0. The lowest BCUT2D eigenvalue weighted by molar-refractivity contribution is -0.117. The summed E-state index contributed by atoms with van der Waals surface area (Å²) in [6.07, 6.45) is 2.84. The molecule has 4 aromatic rings. The Kier molecular flexibility index (Phi) is 2.91. The number of halogens is 1. The van der Waals surface area contributed by atoms with E-state index in [9.17, 15) is 9.18 Å². The average Bonchev–Trinajstić information content (AvgIpc) is 3.02. The largest absolute Gasteiger partial charge is 0.345 e. The molecule has 1 aliphatic carbocycles. The number of alkyl halides is 1. The van der Waals surface area contributed by atoms with E-state index < -0.39 is 12.1 Å². The third-order valence-corrected chi connectivity index (χ3v) is 4.57. The third-order valence-electron chi connectivity index (χ3n) is 4.57. The van der Waals surface area contributed by atoms with Gasteiger partial charge >= 0.3 is 0 Å². The van der Waals surface area contributed by atoms with E-state index in [1.165, 1.54) is 0 Å². The minimum Gasteiger partial charge on any atom is -0.345 e. The van der Waals surface area contributed by atoms with Gasteiger partial charge < -0.3 is 15.3 Å². The first-order valence-electron chi connectivity index (χ1n) is 8.05. The summed E-state index contributed by atoms with van der Waals surface area (Å²) in [7, 11) is 0. The number of carbonyl (C=O) groups is 1. The van der Waals surface area contributed by atoms with Gasteiger partial charge in [-0.15, -0.1) is 0 Å². The second-order valence-electron chi connectivity index (χ2n) is 6.28. The lowest BCUT2D eigenvalue weighted by atomic mass is 10.1. The zero-order valence-corrected chi connectivity index (χ0v) is 13.1. The topological polar surface area (TPSA) is 86.5 Å². The van der Waals surface area contributed by atoms with E-state index >= 15 is 0 Å². The minimum atomic E-state index is -1.02. The molecule has 0 radical (unpaired) electrons. The van der Waals surface area contributed by atoms with Gasteiger partial charge in [-0.1, -0.05) is 6.07 Å². The molecule has 0 saturated heterocycles. The minimum absolute atomic E-state index is 0.302. The maximum Gasteiger partial charge on any atom is 0.231 e. The van der Waals surface area contributed by atoms with Gasteiger partial charge in [-0.25, -0.2) is 14.4 Å². The smallest absolute Gasteiger partial charge is 0.231 e. The molecule has 1 amide bonds. The van der Waals surface area contributed by atoms with Crippen LogP contribution in [0.25, 0.3) is 33.2 Å². The van der Waals surface area contributed by atoms with E-state index in [2.05, 4.69) is 25.3 Å². The van der Waals surface area contributed by atoms with Gasteiger partial charge in [-0.05, 0) is 36.2 Å². The summed E-state index contributed by atoms with van der Waals surface area (Å²) >= 11 is 0. The number of rotatable bonds is 3. The Labute approximate surface area is 141 Å². The molecule has 1 saturated carbocycles. The van der Waals surface area contributed by atoms with Crippen LogP contribution in [-0.2, 0) is 4.79 Å². The summed E-state index contributed by atoms with van der Waals surface area (Å²) < 4.78 is 13.0. The van der Waals surface area contributed by atoms with Crippen LogP contribution in [0.3, 0.4) is 0 Å². The molecule has 124 valence electrons. The third kappa shape index (κ3) is 2.36. The number of fused-ring (bicyclic) bond motifs is 2. The summed E-state index contributed by atoms with van der Waals surface area (Å²) in [5.74, 6) is -0.414. The number of aromatic amines is 2. The van der Waals surface area contributed by atoms with Crippen molar-refractivity contribution in [3.05, 3.63) is 42.9 Å². The summed E-state index contributed by atoms with van der Waals surface area (Å²) in [6, 6.07) is 9.65. The molecular weight excluding hydrogens is 321 g/mol. The quantitative estimate of drug-likeness (QED) is 0.536. The van der Waals surface area contributed by atoms with Gasteiger partial charge in [0.1, 0.15) is 17.6 Å². The number of nitrogens with one attached hydrogen (secondary N) is 3. The van der Waals surface area contributed by atoms with Crippen LogP contribution in [0.5, 0.6) is 0 Å². The van der Waals surface area contributed by atoms with Crippen molar-refractivity contribution in [1.29, 1.82) is 0 Å². The van der Waals surface area contributed by atoms with Crippen LogP contribution < -0.4 is 5.32 Å². The number of nitrogens with zero attached hydrogens (tertiary/aromatic N) is 2. The van der Waals surface area contributed by atoms with Crippen molar-refractivity contribution in [1.82, 2.24) is 19.9 Å². The normalized spacial score (nSPS) is 19.4. The first-order valence-corrected chi connectivity index (χ1v) is 8.05. The lowest BCUT2D eigenvalue weighted by Crippen LogP contribution is -2.15. The molecule has 0 bridgehead atoms. The van der Waals surface area contributed by atoms with Gasteiger partial charge in [0.05, 0.1) is 23.3 Å². The molecule has 1 aromatic carbocycles. The van der Waals surface area contributed by atoms with Crippen molar-refractivity contribution in [3.8, 4) is 11.1 Å². The molecule has 1 fully saturated rings. The molecule has 6 nitrogen and oxygen atoms in total. The highest BCUT2D eigenvalue weighted by Gasteiger charge is 2.43. The van der Waals surface area contributed by atoms with E-state index in [-0.39, 0.29) is 5.91 Å². The first kappa shape index (κ1) is 14.2. The first-order chi connectivity index (χ1) is 12.2. The Morgan fingerprint density at radius 2 is 2.12 bits per heavy atom. The van der Waals surface area contributed by atoms with Crippen LogP contribution >= 0.6 is 0 Å². The number of carbonyl (C=O) groups excluding carboxylic acids is 1. The molecule has 0 spiro atoms. The fourth-order valence-electron chi connectivity index (χ4n) is 3.07. The Bertz CT molecular complexity index is 1120. The van der Waals surface area contributed by atoms with Crippen LogP contribution in [0.2, 0.25) is 0 Å². The van der Waals surface area contributed by atoms with Crippen LogP contribution in [0.1, 0.15) is 6.42 Å². The van der Waals surface area contributed by atoms with E-state index in [0.29, 0.717) is 17.9 Å². The van der Waals surface area contributed by atoms with Crippen molar-refractivity contribution in [2.75, 3.05) is 5.32 Å². The van der Waals surface area contributed by atoms with Crippen LogP contribution in [-0.4, -0.2) is 32.0 Å². The summed E-state index contributed by atoms with van der Waals surface area (Å²) in [5, 5.41) is 3.62. The predicted molar refractivity (Wildman–Crippen MR) is 92.8 cm³/mol. The molecule has 2 atom stereocenters. The van der Waals surface area contributed by atoms with Crippen LogP contribution in [0.15, 0.2) is 42.9 Å². The molecule has 1 aliphatic rings. The maximum atomic E-state index is 13.0. The highest BCUT2D eigenvalue weighted by Crippen LogP contribution is 2.35. The number of H-pyrrole nitrogens is 2. The SMILES string of the molecule is O=C(Nc1ccc2c(-c3ccc4nc[nH]c4c3)c[nH]c2n1)C1CC1F. The van der Waals surface area contributed by atoms with Crippen LogP contribution in [0, 0.1) is 5.92 Å². The number of benzene rings is 1. The Balaban J connectivity index is 1.49. The van der Waals surface area contributed by atoms with Gasteiger partial charge in [0.2, 0.25) is 5.91 Å². The highest BCUT2D eigenvalue weighted by molar-refractivity contribution is 5.98. The van der Waals surface area contributed by atoms with Crippen molar-refractivity contribution in [2.45, 2.75) is 12.6 Å². The number of hydrogen-bond donors (Lipinski definition) is 3. The van der Waals surface area contributed by atoms with Gasteiger partial charge in [0.15, 0.2) is 0 Å². The number of imidazole rings is 1. The molecule has 3 N–H and O–H groups in total. The predicted octanol–water partition coefficient (Wildman–Crippen LogP) is 3.40. The monoisotopic (exact) mass is 335 g/mol. The van der Waals surface area contributed by atoms with Gasteiger partial charge in [0, 0.05) is 17.1 Å². The molecule has 7 heteroatoms. The van der Waals surface area contributed by atoms with Crippen LogP contribution in [0.4, 0.5) is 10.2 Å². The Morgan fingerprint density at radius 3 is 2.96 bits per heavy atom. The highest BCUT2D eigenvalue weighted by atomic mass is 19.1. The second-order valence-corrected chi connectivity index (χ2v) is 6.28. The summed E-state index contributed by atoms with van der Waals surface area (Å²) in [5.41, 5.74) is 4.61. The molecule has 2 unspecified atom stereocenters. The number of hydrogen-bond acceptors (Lipinski definition) is 3. The lowest BCUT2D eigenvalue weighted by Gasteiger charge is -2.04. The van der Waals surface area contributed by atoms with E-state index in [1.807, 2.05) is 30.5 Å². The maximum absolute atomic E-state index is 13.0. The van der Waals surface area contributed by atoms with E-state index in [1.54, 1.807) is 12.4 Å². The molecule has 0 aliphatic heterocycles. The Morgan fingerprint density at radius 1 is 1.24 bits per heavy atom. The summed E-state index contributed by atoms with van der Waals surface area (Å²) in [6.45, 7) is 0. The zero-order valence-electron chi connectivity index (χ0n) is 13.1. The number of anilines is 1. The molecule has 5 rings (SSSR count). The summed E-state index contributed by atoms with van der Waals surface area (Å²) in [4.78, 5) is 26.7. The Hall–Kier alpha value is -3.22. The standard InChI is InChI=1S/C18H14FN5O/c19-13-6-11(13)18(25)24-16-4-2-10-12(7-20-17(10)23-16)9-1-3-14-15(5-9)22-8-21-14/h1-5,7-8,11,13H,6H2,(H,21,22)(H2,20,23,24,25). The van der Waals surface area contributed by atoms with Crippen molar-refractivity contribution in [3.63, 3.8) is 0 Å². The fourth-order valence-corrected chi connectivity index (χ4v) is 3.07. The van der Waals surface area contributed by atoms with Crippen molar-refractivity contribution >= 4 is 33.8 Å². The van der Waals surface area contributed by atoms with Gasteiger partial charge in [-0.3, -0.25) is 4.79 Å². The van der Waals surface area contributed by atoms with Gasteiger partial charge in [0.25, 0.3) is 0 Å². The number of amides is 1. The van der Waals surface area contributed by atoms with Crippen molar-refractivity contribution in [2.24, 2.45) is 5.92 Å².